The van der Waals surface area contributed by atoms with Gasteiger partial charge in [0, 0.05) is 6.54 Å². The van der Waals surface area contributed by atoms with Crippen LogP contribution in [0.15, 0.2) is 12.7 Å². The summed E-state index contributed by atoms with van der Waals surface area (Å²) < 4.78 is 22.4. The van der Waals surface area contributed by atoms with Gasteiger partial charge in [0.15, 0.2) is 34.3 Å². The van der Waals surface area contributed by atoms with Crippen molar-refractivity contribution in [1.82, 2.24) is 19.5 Å². The fraction of sp³-hybridized carbons (Fsp3) is 0.773. The molecule has 1 saturated heterocycles. The van der Waals surface area contributed by atoms with Gasteiger partial charge in [0.1, 0.15) is 24.1 Å². The Morgan fingerprint density at radius 1 is 0.939 bits per heavy atom. The molecule has 2 aromatic rings. The highest BCUT2D eigenvalue weighted by Gasteiger charge is 2.54. The molecule has 186 valence electrons. The Morgan fingerprint density at radius 3 is 2.00 bits per heavy atom. The molecule has 1 aliphatic rings. The van der Waals surface area contributed by atoms with E-state index in [1.54, 1.807) is 6.33 Å². The topological polar surface area (TPSA) is 123 Å². The summed E-state index contributed by atoms with van der Waals surface area (Å²) in [5.41, 5.74) is 13.4. The molecule has 33 heavy (non-hydrogen) atoms. The number of nitrogen functional groups attached to an aromatic ring is 1. The van der Waals surface area contributed by atoms with Gasteiger partial charge in [-0.25, -0.2) is 15.0 Å². The number of fused-ring (bicyclic) bond motifs is 1. The van der Waals surface area contributed by atoms with Crippen LogP contribution in [0.2, 0.25) is 36.3 Å². The quantitative estimate of drug-likeness (QED) is 0.577. The third-order valence-corrected chi connectivity index (χ3v) is 16.6. The van der Waals surface area contributed by atoms with E-state index in [0.29, 0.717) is 23.5 Å². The second kappa shape index (κ2) is 8.69. The highest BCUT2D eigenvalue weighted by Crippen LogP contribution is 2.45. The van der Waals surface area contributed by atoms with Gasteiger partial charge < -0.3 is 25.1 Å². The molecule has 1 aliphatic heterocycles. The lowest BCUT2D eigenvalue weighted by atomic mass is 10.1. The van der Waals surface area contributed by atoms with Gasteiger partial charge in [-0.05, 0) is 36.3 Å². The van der Waals surface area contributed by atoms with Crippen LogP contribution < -0.4 is 11.5 Å². The Morgan fingerprint density at radius 2 is 1.48 bits per heavy atom. The Balaban J connectivity index is 2.10. The minimum atomic E-state index is -2.18. The number of nitrogens with zero attached hydrogens (tertiary/aromatic N) is 4. The zero-order valence-corrected chi connectivity index (χ0v) is 23.8. The second-order valence-corrected chi connectivity index (χ2v) is 21.6. The highest BCUT2D eigenvalue weighted by atomic mass is 28.4. The molecule has 2 aromatic heterocycles. The van der Waals surface area contributed by atoms with E-state index in [4.69, 9.17) is 25.1 Å². The number of aromatic nitrogens is 4. The van der Waals surface area contributed by atoms with Crippen molar-refractivity contribution in [3.63, 3.8) is 0 Å². The molecular formula is C22H42N6O3Si2. The molecule has 0 radical (unpaired) electrons. The van der Waals surface area contributed by atoms with E-state index in [-0.39, 0.29) is 28.4 Å². The van der Waals surface area contributed by atoms with Crippen LogP contribution in [0.25, 0.3) is 11.2 Å². The second-order valence-electron chi connectivity index (χ2n) is 12.1. The lowest BCUT2D eigenvalue weighted by Crippen LogP contribution is -2.54. The maximum atomic E-state index is 7.01. The fourth-order valence-electron chi connectivity index (χ4n) is 3.48. The van der Waals surface area contributed by atoms with E-state index in [0.717, 1.165) is 0 Å². The number of ether oxygens (including phenoxy) is 1. The van der Waals surface area contributed by atoms with E-state index in [9.17, 15) is 0 Å². The van der Waals surface area contributed by atoms with E-state index in [2.05, 4.69) is 82.7 Å². The van der Waals surface area contributed by atoms with Gasteiger partial charge >= 0.3 is 0 Å². The van der Waals surface area contributed by atoms with Crippen molar-refractivity contribution in [3.8, 4) is 0 Å². The molecule has 0 aliphatic carbocycles. The van der Waals surface area contributed by atoms with Crippen LogP contribution in [0, 0.1) is 0 Å². The van der Waals surface area contributed by atoms with Crippen LogP contribution in [0.4, 0.5) is 5.82 Å². The van der Waals surface area contributed by atoms with Crippen molar-refractivity contribution >= 4 is 33.6 Å². The molecule has 11 heteroatoms. The SMILES string of the molecule is CC(C)(C)[Si](C)(C)OC1[C@@H](CN)O[C@@H](n2cnc3c(N)ncnc32)[C@H]1O[Si](C)(C)C(C)(C)C. The first-order chi connectivity index (χ1) is 15.0. The minimum absolute atomic E-state index is 0.0173. The summed E-state index contributed by atoms with van der Waals surface area (Å²) in [6, 6.07) is 0. The molecule has 9 nitrogen and oxygen atoms in total. The zero-order chi connectivity index (χ0) is 25.0. The zero-order valence-electron chi connectivity index (χ0n) is 21.8. The van der Waals surface area contributed by atoms with E-state index in [1.807, 2.05) is 4.57 Å². The van der Waals surface area contributed by atoms with E-state index < -0.39 is 22.9 Å². The summed E-state index contributed by atoms with van der Waals surface area (Å²) in [5.74, 6) is 0.336. The first-order valence-corrected chi connectivity index (χ1v) is 17.5. The predicted octanol–water partition coefficient (Wildman–Crippen LogP) is 4.05. The average molecular weight is 495 g/mol. The molecule has 0 bridgehead atoms. The van der Waals surface area contributed by atoms with E-state index >= 15 is 0 Å². The van der Waals surface area contributed by atoms with Gasteiger partial charge in [-0.3, -0.25) is 4.57 Å². The maximum Gasteiger partial charge on any atom is 0.192 e. The first kappa shape index (κ1) is 26.2. The molecule has 0 aromatic carbocycles. The van der Waals surface area contributed by atoms with Crippen molar-refractivity contribution in [1.29, 1.82) is 0 Å². The molecule has 1 unspecified atom stereocenters. The summed E-state index contributed by atoms with van der Waals surface area (Å²) in [5, 5.41) is 0.0542. The fourth-order valence-corrected chi connectivity index (χ4v) is 6.08. The molecule has 1 fully saturated rings. The largest absolute Gasteiger partial charge is 0.408 e. The van der Waals surface area contributed by atoms with Crippen molar-refractivity contribution in [3.05, 3.63) is 12.7 Å². The van der Waals surface area contributed by atoms with Crippen molar-refractivity contribution in [2.75, 3.05) is 12.3 Å². The molecule has 3 rings (SSSR count). The van der Waals surface area contributed by atoms with Crippen LogP contribution in [-0.2, 0) is 13.6 Å². The van der Waals surface area contributed by atoms with Crippen LogP contribution in [0.5, 0.6) is 0 Å². The first-order valence-electron chi connectivity index (χ1n) is 11.6. The number of anilines is 1. The number of nitrogens with two attached hydrogens (primary N) is 2. The Bertz CT molecular complexity index is 983. The predicted molar refractivity (Wildman–Crippen MR) is 137 cm³/mol. The van der Waals surface area contributed by atoms with Gasteiger partial charge in [-0.15, -0.1) is 0 Å². The van der Waals surface area contributed by atoms with Crippen molar-refractivity contribution < 1.29 is 13.6 Å². The maximum absolute atomic E-state index is 7.01. The van der Waals surface area contributed by atoms with Gasteiger partial charge in [0.05, 0.1) is 12.4 Å². The smallest absolute Gasteiger partial charge is 0.192 e. The molecular weight excluding hydrogens is 452 g/mol. The summed E-state index contributed by atoms with van der Waals surface area (Å²) in [7, 11) is -4.32. The normalized spacial score (nSPS) is 25.2. The monoisotopic (exact) mass is 494 g/mol. The summed E-state index contributed by atoms with van der Waals surface area (Å²) >= 11 is 0. The third kappa shape index (κ3) is 4.89. The number of rotatable bonds is 6. The van der Waals surface area contributed by atoms with Crippen LogP contribution >= 0.6 is 0 Å². The standard InChI is InChI=1S/C22H42N6O3Si2/c1-21(2,3)32(7,8)30-16-14(11-23)29-20(17(16)31-33(9,10)22(4,5)6)28-13-27-15-18(24)25-12-26-19(15)28/h12-14,16-17,20H,11,23H2,1-10H3,(H2,24,25,26)/t14-,16?,17+,20-/m1/s1. The van der Waals surface area contributed by atoms with Crippen LogP contribution in [0.3, 0.4) is 0 Å². The Hall–Kier alpha value is -1.38. The number of hydrogen-bond acceptors (Lipinski definition) is 8. The van der Waals surface area contributed by atoms with Crippen LogP contribution in [0.1, 0.15) is 47.8 Å². The van der Waals surface area contributed by atoms with E-state index in [1.165, 1.54) is 6.33 Å². The Labute approximate surface area is 199 Å². The minimum Gasteiger partial charge on any atom is -0.408 e. The molecule has 3 heterocycles. The van der Waals surface area contributed by atoms with Gasteiger partial charge in [0.25, 0.3) is 0 Å². The summed E-state index contributed by atoms with van der Waals surface area (Å²) in [6.45, 7) is 22.7. The number of imidazole rings is 1. The molecule has 4 N–H and O–H groups in total. The molecule has 0 spiro atoms. The highest BCUT2D eigenvalue weighted by molar-refractivity contribution is 6.74. The summed E-state index contributed by atoms with van der Waals surface area (Å²) in [6.07, 6.45) is 1.69. The lowest BCUT2D eigenvalue weighted by molar-refractivity contribution is -0.0286. The van der Waals surface area contributed by atoms with Gasteiger partial charge in [-0.2, -0.15) is 0 Å². The lowest BCUT2D eigenvalue weighted by Gasteiger charge is -2.44. The van der Waals surface area contributed by atoms with Gasteiger partial charge in [-0.1, -0.05) is 41.5 Å². The number of hydrogen-bond donors (Lipinski definition) is 2. The molecule has 4 atom stereocenters. The average Bonchev–Trinajstić information content (AvgIpc) is 3.22. The molecule has 0 saturated carbocycles. The van der Waals surface area contributed by atoms with Gasteiger partial charge in [0.2, 0.25) is 0 Å². The van der Waals surface area contributed by atoms with Crippen molar-refractivity contribution in [2.45, 2.75) is 102 Å². The molecule has 0 amide bonds. The summed E-state index contributed by atoms with van der Waals surface area (Å²) in [4.78, 5) is 13.0. The third-order valence-electron chi connectivity index (χ3n) is 7.65. The van der Waals surface area contributed by atoms with Crippen LogP contribution in [-0.4, -0.2) is 61.0 Å². The van der Waals surface area contributed by atoms with Crippen molar-refractivity contribution in [2.24, 2.45) is 5.73 Å². The Kier molecular flexibility index (Phi) is 6.90.